The van der Waals surface area contributed by atoms with E-state index in [1.54, 1.807) is 24.3 Å². The summed E-state index contributed by atoms with van der Waals surface area (Å²) in [5.41, 5.74) is 0. The van der Waals surface area contributed by atoms with E-state index in [0.29, 0.717) is 36.9 Å². The molecule has 1 saturated heterocycles. The minimum atomic E-state index is -3.42. The number of ether oxygens (including phenoxy) is 1. The Kier molecular flexibility index (Phi) is 6.26. The smallest absolute Gasteiger partial charge is 0.243 e. The van der Waals surface area contributed by atoms with Crippen LogP contribution in [0.5, 0.6) is 5.75 Å². The van der Waals surface area contributed by atoms with Crippen LogP contribution >= 0.6 is 12.4 Å². The number of nitrogens with zero attached hydrogens (tertiary/aromatic N) is 1. The highest BCUT2D eigenvalue weighted by atomic mass is 35.5. The molecule has 1 N–H and O–H groups in total. The topological polar surface area (TPSA) is 58.6 Å². The highest BCUT2D eigenvalue weighted by molar-refractivity contribution is 7.89. The Morgan fingerprint density at radius 3 is 2.85 bits per heavy atom. The summed E-state index contributed by atoms with van der Waals surface area (Å²) in [6.07, 6.45) is 0. The fourth-order valence-corrected chi connectivity index (χ4v) is 3.72. The maximum absolute atomic E-state index is 12.5. The van der Waals surface area contributed by atoms with Crippen molar-refractivity contribution in [3.05, 3.63) is 24.3 Å². The molecule has 0 aromatic heterocycles. The predicted molar refractivity (Wildman–Crippen MR) is 81.1 cm³/mol. The van der Waals surface area contributed by atoms with Gasteiger partial charge < -0.3 is 10.1 Å². The third kappa shape index (κ3) is 3.85. The molecular weight excluding hydrogens is 300 g/mol. The summed E-state index contributed by atoms with van der Waals surface area (Å²) in [7, 11) is -3.42. The number of halogens is 1. The molecule has 0 bridgehead atoms. The van der Waals surface area contributed by atoms with E-state index in [4.69, 9.17) is 4.74 Å². The molecule has 1 aromatic rings. The summed E-state index contributed by atoms with van der Waals surface area (Å²) >= 11 is 0. The molecule has 1 atom stereocenters. The van der Waals surface area contributed by atoms with Gasteiger partial charge in [-0.15, -0.1) is 12.4 Å². The molecule has 0 spiro atoms. The van der Waals surface area contributed by atoms with Gasteiger partial charge in [0.2, 0.25) is 10.0 Å². The maximum atomic E-state index is 12.5. The fraction of sp³-hybridized carbons (Fsp3) is 0.538. The average Bonchev–Trinajstić information content (AvgIpc) is 2.39. The Bertz CT molecular complexity index is 536. The Morgan fingerprint density at radius 1 is 1.45 bits per heavy atom. The summed E-state index contributed by atoms with van der Waals surface area (Å²) in [6, 6.07) is 6.86. The number of nitrogens with one attached hydrogen (secondary N) is 1. The lowest BCUT2D eigenvalue weighted by Gasteiger charge is -2.31. The average molecular weight is 321 g/mol. The Balaban J connectivity index is 0.00000200. The molecule has 1 fully saturated rings. The van der Waals surface area contributed by atoms with Crippen LogP contribution in [-0.4, -0.2) is 45.0 Å². The van der Waals surface area contributed by atoms with E-state index >= 15 is 0 Å². The van der Waals surface area contributed by atoms with Crippen LogP contribution in [0.3, 0.4) is 0 Å². The zero-order chi connectivity index (χ0) is 13.9. The highest BCUT2D eigenvalue weighted by Gasteiger charge is 2.28. The van der Waals surface area contributed by atoms with E-state index in [1.165, 1.54) is 4.31 Å². The van der Waals surface area contributed by atoms with Crippen LogP contribution in [0.1, 0.15) is 13.8 Å². The first-order valence-corrected chi connectivity index (χ1v) is 7.94. The summed E-state index contributed by atoms with van der Waals surface area (Å²) in [5.74, 6) is 0.590. The van der Waals surface area contributed by atoms with Crippen LogP contribution in [0.25, 0.3) is 0 Å². The zero-order valence-corrected chi connectivity index (χ0v) is 13.3. The maximum Gasteiger partial charge on any atom is 0.243 e. The van der Waals surface area contributed by atoms with Crippen molar-refractivity contribution < 1.29 is 13.2 Å². The fourth-order valence-electron chi connectivity index (χ4n) is 2.16. The molecule has 1 heterocycles. The van der Waals surface area contributed by atoms with Gasteiger partial charge in [-0.2, -0.15) is 4.31 Å². The Hall–Kier alpha value is -0.820. The van der Waals surface area contributed by atoms with E-state index < -0.39 is 10.0 Å². The van der Waals surface area contributed by atoms with Gasteiger partial charge in [0.25, 0.3) is 0 Å². The molecule has 7 heteroatoms. The Labute approximate surface area is 126 Å². The lowest BCUT2D eigenvalue weighted by atomic mass is 10.3. The number of benzene rings is 1. The van der Waals surface area contributed by atoms with Crippen molar-refractivity contribution in [3.8, 4) is 5.75 Å². The Morgan fingerprint density at radius 2 is 2.20 bits per heavy atom. The lowest BCUT2D eigenvalue weighted by molar-refractivity contribution is 0.309. The summed E-state index contributed by atoms with van der Waals surface area (Å²) in [4.78, 5) is 0.299. The molecule has 0 aliphatic carbocycles. The highest BCUT2D eigenvalue weighted by Crippen LogP contribution is 2.21. The van der Waals surface area contributed by atoms with Gasteiger partial charge in [-0.05, 0) is 26.0 Å². The van der Waals surface area contributed by atoms with Crippen LogP contribution in [-0.2, 0) is 10.0 Å². The van der Waals surface area contributed by atoms with Crippen LogP contribution in [0.4, 0.5) is 0 Å². The van der Waals surface area contributed by atoms with Gasteiger partial charge >= 0.3 is 0 Å². The summed E-state index contributed by atoms with van der Waals surface area (Å²) in [6.45, 7) is 6.07. The van der Waals surface area contributed by atoms with Gasteiger partial charge in [0.15, 0.2) is 0 Å². The molecular formula is C13H21ClN2O3S. The summed E-state index contributed by atoms with van der Waals surface area (Å²) < 4.78 is 31.9. The SMILES string of the molecule is CCOc1cccc(S(=O)(=O)N2CCN[C@H](C)C2)c1.Cl. The van der Waals surface area contributed by atoms with E-state index in [-0.39, 0.29) is 18.4 Å². The van der Waals surface area contributed by atoms with Gasteiger partial charge in [0, 0.05) is 31.7 Å². The van der Waals surface area contributed by atoms with Crippen molar-refractivity contribution in [2.45, 2.75) is 24.8 Å². The van der Waals surface area contributed by atoms with Crippen LogP contribution in [0.15, 0.2) is 29.2 Å². The third-order valence-electron chi connectivity index (χ3n) is 3.09. The van der Waals surface area contributed by atoms with Crippen molar-refractivity contribution in [3.63, 3.8) is 0 Å². The van der Waals surface area contributed by atoms with Crippen molar-refractivity contribution >= 4 is 22.4 Å². The van der Waals surface area contributed by atoms with Crippen LogP contribution in [0.2, 0.25) is 0 Å². The first kappa shape index (κ1) is 17.2. The number of hydrogen-bond donors (Lipinski definition) is 1. The molecule has 2 rings (SSSR count). The minimum Gasteiger partial charge on any atom is -0.494 e. The largest absolute Gasteiger partial charge is 0.494 e. The van der Waals surface area contributed by atoms with Crippen molar-refractivity contribution in [2.24, 2.45) is 0 Å². The lowest BCUT2D eigenvalue weighted by Crippen LogP contribution is -2.51. The first-order valence-electron chi connectivity index (χ1n) is 6.50. The van der Waals surface area contributed by atoms with Crippen molar-refractivity contribution in [1.29, 1.82) is 0 Å². The quantitative estimate of drug-likeness (QED) is 0.913. The molecule has 0 saturated carbocycles. The van der Waals surface area contributed by atoms with E-state index in [9.17, 15) is 8.42 Å². The zero-order valence-electron chi connectivity index (χ0n) is 11.7. The molecule has 0 radical (unpaired) electrons. The molecule has 1 aliphatic rings. The molecule has 5 nitrogen and oxygen atoms in total. The molecule has 1 aliphatic heterocycles. The molecule has 1 aromatic carbocycles. The number of piperazine rings is 1. The standard InChI is InChI=1S/C13H20N2O3S.ClH/c1-3-18-12-5-4-6-13(9-12)19(16,17)15-8-7-14-11(2)10-15;/h4-6,9,11,14H,3,7-8,10H2,1-2H3;1H/t11-;/m1./s1. The van der Waals surface area contributed by atoms with Gasteiger partial charge in [-0.1, -0.05) is 6.07 Å². The van der Waals surface area contributed by atoms with Crippen molar-refractivity contribution in [1.82, 2.24) is 9.62 Å². The van der Waals surface area contributed by atoms with Crippen LogP contribution in [0, 0.1) is 0 Å². The van der Waals surface area contributed by atoms with Crippen molar-refractivity contribution in [2.75, 3.05) is 26.2 Å². The molecule has 0 unspecified atom stereocenters. The van der Waals surface area contributed by atoms with E-state index in [1.807, 2.05) is 13.8 Å². The second kappa shape index (κ2) is 7.26. The normalized spacial score (nSPS) is 20.2. The van der Waals surface area contributed by atoms with Gasteiger partial charge in [0.1, 0.15) is 5.75 Å². The monoisotopic (exact) mass is 320 g/mol. The summed E-state index contributed by atoms with van der Waals surface area (Å²) in [5, 5.41) is 3.24. The van der Waals surface area contributed by atoms with E-state index in [2.05, 4.69) is 5.32 Å². The molecule has 20 heavy (non-hydrogen) atoms. The van der Waals surface area contributed by atoms with Gasteiger partial charge in [0.05, 0.1) is 11.5 Å². The number of sulfonamides is 1. The minimum absolute atomic E-state index is 0. The molecule has 0 amide bonds. The van der Waals surface area contributed by atoms with Gasteiger partial charge in [-0.3, -0.25) is 0 Å². The van der Waals surface area contributed by atoms with Crippen LogP contribution < -0.4 is 10.1 Å². The second-order valence-corrected chi connectivity index (χ2v) is 6.56. The first-order chi connectivity index (χ1) is 9.04. The van der Waals surface area contributed by atoms with Gasteiger partial charge in [-0.25, -0.2) is 8.42 Å². The number of hydrogen-bond acceptors (Lipinski definition) is 4. The van der Waals surface area contributed by atoms with E-state index in [0.717, 1.165) is 0 Å². The predicted octanol–water partition coefficient (Wildman–Crippen LogP) is 1.49. The molecule has 114 valence electrons. The third-order valence-corrected chi connectivity index (χ3v) is 4.95. The number of rotatable bonds is 4. The second-order valence-electron chi connectivity index (χ2n) is 4.63.